The number of aryl methyl sites for hydroxylation is 2. The number of hydrogen-bond donors (Lipinski definition) is 1. The lowest BCUT2D eigenvalue weighted by Crippen LogP contribution is -2.43. The molecule has 33 heavy (non-hydrogen) atoms. The number of nitrogens with one attached hydrogen (secondary N) is 1. The van der Waals surface area contributed by atoms with Crippen molar-refractivity contribution in [3.05, 3.63) is 53.6 Å². The van der Waals surface area contributed by atoms with Crippen molar-refractivity contribution in [1.82, 2.24) is 14.9 Å². The maximum atomic E-state index is 14.0. The van der Waals surface area contributed by atoms with Gasteiger partial charge in [0.2, 0.25) is 5.91 Å². The van der Waals surface area contributed by atoms with E-state index in [1.165, 1.54) is 49.7 Å². The van der Waals surface area contributed by atoms with Gasteiger partial charge in [0, 0.05) is 11.6 Å². The minimum absolute atomic E-state index is 0.197. The minimum Gasteiger partial charge on any atom is -0.352 e. The molecule has 2 aliphatic rings. The van der Waals surface area contributed by atoms with Crippen LogP contribution in [-0.2, 0) is 4.79 Å². The van der Waals surface area contributed by atoms with Crippen LogP contribution in [0.25, 0.3) is 22.4 Å². The number of amides is 1. The van der Waals surface area contributed by atoms with Crippen molar-refractivity contribution in [2.45, 2.75) is 90.1 Å². The third-order valence-corrected chi connectivity index (χ3v) is 7.81. The molecule has 2 fully saturated rings. The van der Waals surface area contributed by atoms with Crippen LogP contribution in [-0.4, -0.2) is 21.5 Å². The van der Waals surface area contributed by atoms with Gasteiger partial charge in [-0.15, -0.1) is 0 Å². The van der Waals surface area contributed by atoms with Crippen LogP contribution in [0.2, 0.25) is 0 Å². The fraction of sp³-hybridized carbons (Fsp3) is 0.517. The highest BCUT2D eigenvalue weighted by Gasteiger charge is 2.35. The van der Waals surface area contributed by atoms with Gasteiger partial charge in [0.15, 0.2) is 0 Å². The molecule has 5 rings (SSSR count). The summed E-state index contributed by atoms with van der Waals surface area (Å²) in [6.07, 6.45) is 11.9. The molecule has 1 N–H and O–H groups in total. The second-order valence-electron chi connectivity index (χ2n) is 10.3. The SMILES string of the molecule is Cc1ccc(-c2nc3ccccc3n2C(C(=O)NC2CCCCC2)C2CCCCC2)c(C)c1. The Morgan fingerprint density at radius 3 is 2.36 bits per heavy atom. The van der Waals surface area contributed by atoms with Gasteiger partial charge in [-0.1, -0.05) is 74.4 Å². The Kier molecular flexibility index (Phi) is 6.52. The molecule has 1 heterocycles. The fourth-order valence-electron chi connectivity index (χ4n) is 6.11. The summed E-state index contributed by atoms with van der Waals surface area (Å²) in [6, 6.07) is 15.0. The maximum absolute atomic E-state index is 14.0. The first-order chi connectivity index (χ1) is 16.1. The zero-order valence-electron chi connectivity index (χ0n) is 20.1. The van der Waals surface area contributed by atoms with Crippen molar-refractivity contribution in [3.63, 3.8) is 0 Å². The summed E-state index contributed by atoms with van der Waals surface area (Å²) < 4.78 is 2.29. The van der Waals surface area contributed by atoms with E-state index in [9.17, 15) is 4.79 Å². The molecule has 174 valence electrons. The molecule has 0 bridgehead atoms. The van der Waals surface area contributed by atoms with E-state index in [1.807, 2.05) is 6.07 Å². The predicted octanol–water partition coefficient (Wildman–Crippen LogP) is 6.89. The van der Waals surface area contributed by atoms with Crippen LogP contribution in [0, 0.1) is 19.8 Å². The van der Waals surface area contributed by atoms with Gasteiger partial charge >= 0.3 is 0 Å². The number of para-hydroxylation sites is 2. The van der Waals surface area contributed by atoms with E-state index in [2.05, 4.69) is 60.1 Å². The molecule has 1 atom stereocenters. The number of nitrogens with zero attached hydrogens (tertiary/aromatic N) is 2. The van der Waals surface area contributed by atoms with Gasteiger partial charge in [0.25, 0.3) is 0 Å². The van der Waals surface area contributed by atoms with E-state index in [0.29, 0.717) is 12.0 Å². The van der Waals surface area contributed by atoms with Crippen LogP contribution in [0.5, 0.6) is 0 Å². The third kappa shape index (κ3) is 4.58. The van der Waals surface area contributed by atoms with Crippen molar-refractivity contribution in [1.29, 1.82) is 0 Å². The van der Waals surface area contributed by atoms with E-state index in [0.717, 1.165) is 48.1 Å². The van der Waals surface area contributed by atoms with Crippen molar-refractivity contribution < 1.29 is 4.79 Å². The Bertz CT molecular complexity index is 1120. The number of benzene rings is 2. The molecule has 3 aromatic rings. The van der Waals surface area contributed by atoms with Gasteiger partial charge in [-0.3, -0.25) is 4.79 Å². The Labute approximate surface area is 197 Å². The van der Waals surface area contributed by atoms with Gasteiger partial charge in [0.1, 0.15) is 11.9 Å². The quantitative estimate of drug-likeness (QED) is 0.467. The van der Waals surface area contributed by atoms with Gasteiger partial charge in [-0.25, -0.2) is 4.98 Å². The van der Waals surface area contributed by atoms with E-state index in [4.69, 9.17) is 4.98 Å². The molecule has 2 saturated carbocycles. The van der Waals surface area contributed by atoms with Crippen molar-refractivity contribution in [2.24, 2.45) is 5.92 Å². The Morgan fingerprint density at radius 2 is 1.64 bits per heavy atom. The second-order valence-corrected chi connectivity index (χ2v) is 10.3. The highest BCUT2D eigenvalue weighted by Crippen LogP contribution is 2.39. The van der Waals surface area contributed by atoms with E-state index in [1.54, 1.807) is 0 Å². The zero-order chi connectivity index (χ0) is 22.8. The summed E-state index contributed by atoms with van der Waals surface area (Å²) in [5, 5.41) is 3.48. The number of fused-ring (bicyclic) bond motifs is 1. The minimum atomic E-state index is -0.213. The summed E-state index contributed by atoms with van der Waals surface area (Å²) in [5.41, 5.74) is 5.63. The molecule has 4 nitrogen and oxygen atoms in total. The first-order valence-electron chi connectivity index (χ1n) is 13.0. The Morgan fingerprint density at radius 1 is 0.939 bits per heavy atom. The molecule has 4 heteroatoms. The molecular weight excluding hydrogens is 406 g/mol. The molecule has 0 aliphatic heterocycles. The average Bonchev–Trinajstić information content (AvgIpc) is 3.19. The van der Waals surface area contributed by atoms with Gasteiger partial charge in [-0.05, 0) is 63.1 Å². The summed E-state index contributed by atoms with van der Waals surface area (Å²) >= 11 is 0. The largest absolute Gasteiger partial charge is 0.352 e. The van der Waals surface area contributed by atoms with Crippen LogP contribution in [0.4, 0.5) is 0 Å². The number of carbonyl (C=O) groups is 1. The molecule has 0 radical (unpaired) electrons. The third-order valence-electron chi connectivity index (χ3n) is 7.81. The predicted molar refractivity (Wildman–Crippen MR) is 135 cm³/mol. The Hall–Kier alpha value is -2.62. The average molecular weight is 444 g/mol. The smallest absolute Gasteiger partial charge is 0.243 e. The molecule has 1 unspecified atom stereocenters. The lowest BCUT2D eigenvalue weighted by atomic mass is 9.82. The number of aromatic nitrogens is 2. The highest BCUT2D eigenvalue weighted by molar-refractivity contribution is 5.87. The lowest BCUT2D eigenvalue weighted by Gasteiger charge is -2.34. The van der Waals surface area contributed by atoms with E-state index in [-0.39, 0.29) is 11.9 Å². The first-order valence-corrected chi connectivity index (χ1v) is 13.0. The number of hydrogen-bond acceptors (Lipinski definition) is 2. The normalized spacial score (nSPS) is 19.0. The van der Waals surface area contributed by atoms with Crippen LogP contribution in [0.3, 0.4) is 0 Å². The topological polar surface area (TPSA) is 46.9 Å². The molecular formula is C29H37N3O. The van der Waals surface area contributed by atoms with Gasteiger partial charge in [0.05, 0.1) is 11.0 Å². The molecule has 1 amide bonds. The van der Waals surface area contributed by atoms with Crippen LogP contribution >= 0.6 is 0 Å². The monoisotopic (exact) mass is 443 g/mol. The molecule has 1 aromatic heterocycles. The molecule has 0 spiro atoms. The second kappa shape index (κ2) is 9.70. The first kappa shape index (κ1) is 22.2. The molecule has 2 aliphatic carbocycles. The lowest BCUT2D eigenvalue weighted by molar-refractivity contribution is -0.127. The van der Waals surface area contributed by atoms with Gasteiger partial charge < -0.3 is 9.88 Å². The van der Waals surface area contributed by atoms with Crippen molar-refractivity contribution in [3.8, 4) is 11.4 Å². The summed E-state index contributed by atoms with van der Waals surface area (Å²) in [6.45, 7) is 4.28. The van der Waals surface area contributed by atoms with E-state index < -0.39 is 0 Å². The van der Waals surface area contributed by atoms with Crippen LogP contribution in [0.15, 0.2) is 42.5 Å². The summed E-state index contributed by atoms with van der Waals surface area (Å²) in [4.78, 5) is 19.1. The van der Waals surface area contributed by atoms with Crippen LogP contribution in [0.1, 0.15) is 81.4 Å². The fourth-order valence-corrected chi connectivity index (χ4v) is 6.11. The maximum Gasteiger partial charge on any atom is 0.243 e. The number of carbonyl (C=O) groups excluding carboxylic acids is 1. The van der Waals surface area contributed by atoms with Crippen molar-refractivity contribution in [2.75, 3.05) is 0 Å². The summed E-state index contributed by atoms with van der Waals surface area (Å²) in [5.74, 6) is 1.48. The number of rotatable bonds is 5. The van der Waals surface area contributed by atoms with Gasteiger partial charge in [-0.2, -0.15) is 0 Å². The van der Waals surface area contributed by atoms with E-state index >= 15 is 0 Å². The number of imidazole rings is 1. The molecule has 0 saturated heterocycles. The van der Waals surface area contributed by atoms with Crippen LogP contribution < -0.4 is 5.32 Å². The highest BCUT2D eigenvalue weighted by atomic mass is 16.2. The van der Waals surface area contributed by atoms with Crippen molar-refractivity contribution >= 4 is 16.9 Å². The summed E-state index contributed by atoms with van der Waals surface area (Å²) in [7, 11) is 0. The zero-order valence-corrected chi connectivity index (χ0v) is 20.1. The standard InChI is InChI=1S/C29H37N3O/c1-20-17-18-24(21(2)19-20)28-31-25-15-9-10-16-26(25)32(28)27(22-11-5-3-6-12-22)29(33)30-23-13-7-4-8-14-23/h9-10,15-19,22-23,27H,3-8,11-14H2,1-2H3,(H,30,33). The Balaban J connectivity index is 1.63. The molecule has 2 aromatic carbocycles.